The van der Waals surface area contributed by atoms with E-state index < -0.39 is 84.2 Å². The summed E-state index contributed by atoms with van der Waals surface area (Å²) in [7, 11) is 1.53. The van der Waals surface area contributed by atoms with Crippen molar-refractivity contribution < 1.29 is 72.6 Å². The number of rotatable bonds is 5. The molecule has 0 bridgehead atoms. The number of carbonyl (C=O) groups is 1. The van der Waals surface area contributed by atoms with Crippen molar-refractivity contribution in [2.45, 2.75) is 133 Å². The molecule has 0 spiro atoms. The molecule has 1 amide bonds. The first kappa shape index (κ1) is 38.3. The molecule has 17 heteroatoms. The van der Waals surface area contributed by atoms with Gasteiger partial charge < -0.3 is 72.7 Å². The molecule has 312 valence electrons. The third-order valence-electron chi connectivity index (χ3n) is 13.2. The molecule has 1 aromatic heterocycles. The topological polar surface area (TPSA) is 226 Å². The smallest absolute Gasteiger partial charge is 0.260 e. The van der Waals surface area contributed by atoms with Gasteiger partial charge in [-0.25, -0.2) is 0 Å². The molecule has 0 radical (unpaired) electrons. The van der Waals surface area contributed by atoms with Crippen molar-refractivity contribution in [1.29, 1.82) is 0 Å². The minimum Gasteiger partial charge on any atom is -0.506 e. The Morgan fingerprint density at radius 3 is 2.43 bits per heavy atom. The first-order valence-corrected chi connectivity index (χ1v) is 19.9. The van der Waals surface area contributed by atoms with E-state index >= 15 is 0 Å². The number of aromatic hydroxyl groups is 2. The average Bonchev–Trinajstić information content (AvgIpc) is 3.58. The van der Waals surface area contributed by atoms with Crippen molar-refractivity contribution in [3.63, 3.8) is 0 Å². The van der Waals surface area contributed by atoms with Gasteiger partial charge in [-0.3, -0.25) is 9.59 Å². The van der Waals surface area contributed by atoms with Crippen LogP contribution in [0.4, 0.5) is 0 Å². The lowest BCUT2D eigenvalue weighted by Gasteiger charge is -2.42. The van der Waals surface area contributed by atoms with Crippen LogP contribution in [-0.2, 0) is 46.0 Å². The lowest BCUT2D eigenvalue weighted by Crippen LogP contribution is -2.51. The zero-order valence-electron chi connectivity index (χ0n) is 32.5. The van der Waals surface area contributed by atoms with E-state index in [0.29, 0.717) is 55.5 Å². The number of benzene rings is 2. The van der Waals surface area contributed by atoms with Gasteiger partial charge in [0.25, 0.3) is 5.91 Å². The van der Waals surface area contributed by atoms with Gasteiger partial charge in [0.2, 0.25) is 5.43 Å². The Hall–Kier alpha value is -3.88. The van der Waals surface area contributed by atoms with Crippen molar-refractivity contribution in [1.82, 2.24) is 4.90 Å². The molecule has 5 aliphatic heterocycles. The molecule has 2 aliphatic carbocycles. The summed E-state index contributed by atoms with van der Waals surface area (Å²) in [6.45, 7) is 5.93. The van der Waals surface area contributed by atoms with Crippen LogP contribution in [0.2, 0.25) is 0 Å². The number of carbonyl (C=O) groups excluding carboxylic acids is 1. The Balaban J connectivity index is 0.960. The summed E-state index contributed by atoms with van der Waals surface area (Å²) in [5.41, 5.74) is -0.175. The number of phenols is 2. The summed E-state index contributed by atoms with van der Waals surface area (Å²) in [4.78, 5) is 29.8. The Bertz CT molecular complexity index is 2260. The molecule has 0 saturated carbocycles. The van der Waals surface area contributed by atoms with Crippen LogP contribution in [0.5, 0.6) is 17.2 Å². The van der Waals surface area contributed by atoms with Crippen molar-refractivity contribution in [3.8, 4) is 28.4 Å². The third kappa shape index (κ3) is 5.66. The number of phenolic OH excluding ortho intramolecular Hbond substituents is 2. The number of aliphatic hydroxyl groups excluding tert-OH is 3. The molecule has 3 fully saturated rings. The Morgan fingerprint density at radius 1 is 0.879 bits per heavy atom. The Morgan fingerprint density at radius 2 is 1.66 bits per heavy atom. The van der Waals surface area contributed by atoms with Crippen molar-refractivity contribution >= 4 is 16.9 Å². The number of amides is 1. The third-order valence-corrected chi connectivity index (χ3v) is 13.2. The number of aliphatic hydroxyl groups is 3. The Kier molecular flexibility index (Phi) is 9.14. The monoisotopic (exact) mass is 809 g/mol. The molecule has 12 atom stereocenters. The van der Waals surface area contributed by atoms with E-state index in [1.807, 2.05) is 19.9 Å². The second-order valence-electron chi connectivity index (χ2n) is 16.6. The van der Waals surface area contributed by atoms with E-state index in [9.17, 15) is 35.1 Å². The number of nitrogens with zero attached hydrogens (tertiary/aromatic N) is 1. The fourth-order valence-electron chi connectivity index (χ4n) is 10.2. The highest BCUT2D eigenvalue weighted by Gasteiger charge is 2.50. The van der Waals surface area contributed by atoms with Crippen LogP contribution in [0.25, 0.3) is 22.1 Å². The maximum absolute atomic E-state index is 14.4. The van der Waals surface area contributed by atoms with Gasteiger partial charge in [0.1, 0.15) is 40.6 Å². The fourth-order valence-corrected chi connectivity index (χ4v) is 10.2. The molecular formula is C41H47NO16. The van der Waals surface area contributed by atoms with E-state index in [0.717, 1.165) is 0 Å². The summed E-state index contributed by atoms with van der Waals surface area (Å²) in [6, 6.07) is 1.83. The van der Waals surface area contributed by atoms with Gasteiger partial charge >= 0.3 is 0 Å². The van der Waals surface area contributed by atoms with Crippen LogP contribution in [0.15, 0.2) is 15.3 Å². The summed E-state index contributed by atoms with van der Waals surface area (Å²) in [5.74, 6) is -1.43. The van der Waals surface area contributed by atoms with Gasteiger partial charge in [-0.05, 0) is 38.3 Å². The molecule has 0 unspecified atom stereocenters. The van der Waals surface area contributed by atoms with Crippen LogP contribution in [-0.4, -0.2) is 118 Å². The minimum absolute atomic E-state index is 0.0679. The highest BCUT2D eigenvalue weighted by molar-refractivity contribution is 6.06. The van der Waals surface area contributed by atoms with Gasteiger partial charge in [0.15, 0.2) is 30.7 Å². The second-order valence-corrected chi connectivity index (χ2v) is 16.6. The standard InChI is InChI=1S/C41H47NO16/c1-15-20(56-25-12-22(50-4)32(44)16(2)55-25)5-6-24(54-15)57-23-11-19(43)28-35(47)31-36(48)30-26-17(9-18-13-41(3)42(7-8-53-41)40(49)27(18)34(26)46)10-21-29(30)38(52-14-51-21)39(31)58-37(28)33(23)45/h9,15-16,19-25,32-33,43-46,48H,5-8,10-14H2,1-4H3/t15-,16-,19-,20-,21+,22+,23-,24+,25-,32-,33+,41-/m0/s1. The van der Waals surface area contributed by atoms with Gasteiger partial charge in [-0.15, -0.1) is 0 Å². The first-order valence-electron chi connectivity index (χ1n) is 19.9. The molecule has 3 aromatic rings. The van der Waals surface area contributed by atoms with E-state index in [1.165, 1.54) is 7.11 Å². The van der Waals surface area contributed by atoms with Crippen LogP contribution >= 0.6 is 0 Å². The largest absolute Gasteiger partial charge is 0.506 e. The molecule has 2 aromatic carbocycles. The lowest BCUT2D eigenvalue weighted by atomic mass is 9.77. The summed E-state index contributed by atoms with van der Waals surface area (Å²) in [5, 5.41) is 57.2. The SMILES string of the molecule is CO[C@@H]1C[C@H](O[C@H]2CC[C@@H](O[C@H]3C[C@H](O)c4c(oc5c6c7c(c(O)c5c4=O)-c4c(cc5c(c4O)C(=O)N4CCO[C@@]4(C)C5)C[C@H]7OCO6)[C@@H]3O)O[C@H]2C)O[C@@H](C)[C@@H]1O. The molecule has 17 nitrogen and oxygen atoms in total. The minimum atomic E-state index is -1.51. The average molecular weight is 810 g/mol. The van der Waals surface area contributed by atoms with Gasteiger partial charge in [-0.1, -0.05) is 6.07 Å². The molecule has 5 N–H and O–H groups in total. The molecular weight excluding hydrogens is 762 g/mol. The first-order chi connectivity index (χ1) is 27.8. The van der Waals surface area contributed by atoms with E-state index in [-0.39, 0.29) is 76.2 Å². The van der Waals surface area contributed by atoms with E-state index in [4.69, 9.17) is 42.3 Å². The predicted molar refractivity (Wildman–Crippen MR) is 197 cm³/mol. The number of hydrogen-bond donors (Lipinski definition) is 5. The van der Waals surface area contributed by atoms with Gasteiger partial charge in [0.05, 0.1) is 60.5 Å². The Labute approximate surface area is 331 Å². The second kappa shape index (κ2) is 13.8. The molecule has 3 saturated heterocycles. The highest BCUT2D eigenvalue weighted by atomic mass is 16.7. The van der Waals surface area contributed by atoms with E-state index in [1.54, 1.807) is 11.8 Å². The zero-order valence-corrected chi connectivity index (χ0v) is 32.5. The van der Waals surface area contributed by atoms with Gasteiger partial charge in [0, 0.05) is 62.4 Å². The summed E-state index contributed by atoms with van der Waals surface area (Å²) < 4.78 is 54.1. The zero-order chi connectivity index (χ0) is 40.5. The number of ether oxygens (including phenoxy) is 8. The quantitative estimate of drug-likeness (QED) is 0.250. The fraction of sp³-hybridized carbons (Fsp3) is 0.610. The maximum atomic E-state index is 14.4. The number of hydrogen-bond acceptors (Lipinski definition) is 16. The summed E-state index contributed by atoms with van der Waals surface area (Å²) in [6.07, 6.45) is -6.87. The normalized spacial score (nSPS) is 36.4. The number of methoxy groups -OCH3 is 1. The predicted octanol–water partition coefficient (Wildman–Crippen LogP) is 2.86. The lowest BCUT2D eigenvalue weighted by molar-refractivity contribution is -0.303. The van der Waals surface area contributed by atoms with Crippen molar-refractivity contribution in [3.05, 3.63) is 49.9 Å². The molecule has 10 rings (SSSR count). The van der Waals surface area contributed by atoms with Crippen molar-refractivity contribution in [2.24, 2.45) is 0 Å². The number of fused-ring (bicyclic) bond motifs is 7. The highest BCUT2D eigenvalue weighted by Crippen LogP contribution is 2.58. The van der Waals surface area contributed by atoms with E-state index in [2.05, 4.69) is 0 Å². The van der Waals surface area contributed by atoms with Crippen LogP contribution in [0.1, 0.15) is 103 Å². The summed E-state index contributed by atoms with van der Waals surface area (Å²) >= 11 is 0. The molecule has 7 aliphatic rings. The maximum Gasteiger partial charge on any atom is 0.260 e. The van der Waals surface area contributed by atoms with Gasteiger partial charge in [-0.2, -0.15) is 0 Å². The van der Waals surface area contributed by atoms with Crippen LogP contribution < -0.4 is 10.2 Å². The molecule has 6 heterocycles. The van der Waals surface area contributed by atoms with Crippen LogP contribution in [0.3, 0.4) is 0 Å². The van der Waals surface area contributed by atoms with Crippen LogP contribution in [0, 0.1) is 0 Å². The van der Waals surface area contributed by atoms with Crippen molar-refractivity contribution in [2.75, 3.05) is 27.1 Å². The molecule has 58 heavy (non-hydrogen) atoms.